The van der Waals surface area contributed by atoms with Crippen LogP contribution < -0.4 is 5.32 Å². The maximum atomic E-state index is 12.9. The fraction of sp³-hybridized carbons (Fsp3) is 0.0455. The second kappa shape index (κ2) is 6.93. The van der Waals surface area contributed by atoms with E-state index >= 15 is 0 Å². The molecule has 0 radical (unpaired) electrons. The van der Waals surface area contributed by atoms with Gasteiger partial charge in [0.2, 0.25) is 0 Å². The van der Waals surface area contributed by atoms with Crippen LogP contribution in [0.15, 0.2) is 67.0 Å². The second-order valence-electron chi connectivity index (χ2n) is 6.89. The number of benzene rings is 2. The van der Waals surface area contributed by atoms with Gasteiger partial charge in [0.15, 0.2) is 5.65 Å². The lowest BCUT2D eigenvalue weighted by molar-refractivity contribution is -0.112. The van der Waals surface area contributed by atoms with Gasteiger partial charge in [-0.2, -0.15) is 9.61 Å². The van der Waals surface area contributed by atoms with Crippen LogP contribution in [0.5, 0.6) is 0 Å². The number of carbonyl (C=O) groups excluding carboxylic acids is 2. The monoisotopic (exact) mass is 396 g/mol. The molecule has 3 heterocycles. The first-order chi connectivity index (χ1) is 14.6. The molecule has 8 nitrogen and oxygen atoms in total. The summed E-state index contributed by atoms with van der Waals surface area (Å²) < 4.78 is 1.57. The number of carbonyl (C=O) groups is 2. The predicted octanol–water partition coefficient (Wildman–Crippen LogP) is 3.40. The van der Waals surface area contributed by atoms with Crippen molar-refractivity contribution < 1.29 is 9.59 Å². The maximum Gasteiger partial charge on any atom is 0.296 e. The van der Waals surface area contributed by atoms with Gasteiger partial charge < -0.3 is 10.3 Å². The summed E-state index contributed by atoms with van der Waals surface area (Å²) in [5.41, 5.74) is 4.51. The Kier molecular flexibility index (Phi) is 4.10. The molecule has 0 aliphatic rings. The fourth-order valence-electron chi connectivity index (χ4n) is 3.51. The SMILES string of the molecule is Cc1[nH]c2ccccc2c1C(=O)C(=O)Nc1cccc(-c2ccc3nncn3n2)c1. The van der Waals surface area contributed by atoms with Crippen LogP contribution in [-0.2, 0) is 4.79 Å². The van der Waals surface area contributed by atoms with Gasteiger partial charge in [-0.3, -0.25) is 9.59 Å². The summed E-state index contributed by atoms with van der Waals surface area (Å²) in [7, 11) is 0. The van der Waals surface area contributed by atoms with Crippen LogP contribution in [0, 0.1) is 6.92 Å². The molecule has 3 aromatic heterocycles. The van der Waals surface area contributed by atoms with E-state index in [0.29, 0.717) is 28.3 Å². The molecule has 0 saturated carbocycles. The minimum atomic E-state index is -0.692. The van der Waals surface area contributed by atoms with E-state index in [1.54, 1.807) is 29.6 Å². The van der Waals surface area contributed by atoms with Crippen molar-refractivity contribution >= 4 is 33.9 Å². The number of amides is 1. The van der Waals surface area contributed by atoms with E-state index < -0.39 is 11.7 Å². The van der Waals surface area contributed by atoms with Crippen molar-refractivity contribution in [2.24, 2.45) is 0 Å². The summed E-state index contributed by atoms with van der Waals surface area (Å²) in [6, 6.07) is 18.2. The summed E-state index contributed by atoms with van der Waals surface area (Å²) in [5, 5.41) is 15.6. The number of aromatic amines is 1. The number of aromatic nitrogens is 5. The highest BCUT2D eigenvalue weighted by atomic mass is 16.2. The highest BCUT2D eigenvalue weighted by molar-refractivity contribution is 6.48. The molecule has 146 valence electrons. The van der Waals surface area contributed by atoms with Crippen LogP contribution in [0.3, 0.4) is 0 Å². The van der Waals surface area contributed by atoms with Crippen LogP contribution in [0.2, 0.25) is 0 Å². The largest absolute Gasteiger partial charge is 0.358 e. The number of fused-ring (bicyclic) bond motifs is 2. The number of hydrogen-bond acceptors (Lipinski definition) is 5. The number of Topliss-reactive ketones (excluding diaryl/α,β-unsaturated/α-hetero) is 1. The van der Waals surface area contributed by atoms with Gasteiger partial charge >= 0.3 is 0 Å². The molecule has 5 rings (SSSR count). The predicted molar refractivity (Wildman–Crippen MR) is 112 cm³/mol. The molecule has 0 aliphatic carbocycles. The zero-order chi connectivity index (χ0) is 20.7. The number of H-pyrrole nitrogens is 1. The Morgan fingerprint density at radius 2 is 1.90 bits per heavy atom. The molecule has 2 aromatic carbocycles. The van der Waals surface area contributed by atoms with Crippen molar-refractivity contribution in [1.82, 2.24) is 24.8 Å². The Morgan fingerprint density at radius 3 is 2.80 bits per heavy atom. The second-order valence-corrected chi connectivity index (χ2v) is 6.89. The van der Waals surface area contributed by atoms with Crippen LogP contribution in [0.1, 0.15) is 16.1 Å². The molecular weight excluding hydrogens is 380 g/mol. The van der Waals surface area contributed by atoms with Crippen LogP contribution in [0.25, 0.3) is 27.8 Å². The van der Waals surface area contributed by atoms with E-state index in [0.717, 1.165) is 16.5 Å². The molecule has 30 heavy (non-hydrogen) atoms. The number of aryl methyl sites for hydroxylation is 1. The first kappa shape index (κ1) is 17.7. The van der Waals surface area contributed by atoms with Gasteiger partial charge in [0.05, 0.1) is 11.3 Å². The lowest BCUT2D eigenvalue weighted by Gasteiger charge is -2.07. The summed E-state index contributed by atoms with van der Waals surface area (Å²) in [5.74, 6) is -1.28. The van der Waals surface area contributed by atoms with Crippen LogP contribution in [0.4, 0.5) is 5.69 Å². The first-order valence-electron chi connectivity index (χ1n) is 9.30. The Morgan fingerprint density at radius 1 is 1.03 bits per heavy atom. The third-order valence-electron chi connectivity index (χ3n) is 4.90. The van der Waals surface area contributed by atoms with Crippen molar-refractivity contribution in [3.63, 3.8) is 0 Å². The molecule has 8 heteroatoms. The Hall–Kier alpha value is -4.33. The van der Waals surface area contributed by atoms with Crippen LogP contribution >= 0.6 is 0 Å². The summed E-state index contributed by atoms with van der Waals surface area (Å²) in [6.07, 6.45) is 1.52. The highest BCUT2D eigenvalue weighted by Gasteiger charge is 2.22. The van der Waals surface area contributed by atoms with E-state index in [-0.39, 0.29) is 0 Å². The van der Waals surface area contributed by atoms with Crippen molar-refractivity contribution in [3.8, 4) is 11.3 Å². The summed E-state index contributed by atoms with van der Waals surface area (Å²) in [6.45, 7) is 1.79. The number of anilines is 1. The van der Waals surface area contributed by atoms with E-state index in [1.807, 2.05) is 42.5 Å². The maximum absolute atomic E-state index is 12.9. The number of nitrogens with zero attached hydrogens (tertiary/aromatic N) is 4. The zero-order valence-corrected chi connectivity index (χ0v) is 16.0. The van der Waals surface area contributed by atoms with E-state index in [4.69, 9.17) is 0 Å². The molecule has 0 aliphatic heterocycles. The summed E-state index contributed by atoms with van der Waals surface area (Å²) >= 11 is 0. The van der Waals surface area contributed by atoms with Crippen LogP contribution in [-0.4, -0.2) is 36.5 Å². The number of rotatable bonds is 4. The van der Waals surface area contributed by atoms with Gasteiger partial charge in [0.25, 0.3) is 11.7 Å². The quantitative estimate of drug-likeness (QED) is 0.358. The molecule has 0 spiro atoms. The molecule has 0 saturated heterocycles. The third kappa shape index (κ3) is 3.00. The molecule has 2 N–H and O–H groups in total. The van der Waals surface area contributed by atoms with Crippen molar-refractivity contribution in [2.75, 3.05) is 5.32 Å². The Labute approximate surface area is 170 Å². The molecule has 0 fully saturated rings. The van der Waals surface area contributed by atoms with E-state index in [9.17, 15) is 9.59 Å². The first-order valence-corrected chi connectivity index (χ1v) is 9.30. The van der Waals surface area contributed by atoms with Gasteiger partial charge in [-0.25, -0.2) is 0 Å². The minimum absolute atomic E-state index is 0.388. The normalized spacial score (nSPS) is 11.1. The van der Waals surface area contributed by atoms with Crippen molar-refractivity contribution in [3.05, 3.63) is 78.2 Å². The van der Waals surface area contributed by atoms with Gasteiger partial charge in [-0.1, -0.05) is 30.3 Å². The lowest BCUT2D eigenvalue weighted by atomic mass is 10.1. The topological polar surface area (TPSA) is 105 Å². The Balaban J connectivity index is 1.43. The standard InChI is InChI=1S/C22H16N6O2/c1-13-20(16-7-2-3-8-18(16)24-13)21(29)22(30)25-15-6-4-5-14(11-15)17-9-10-19-26-23-12-28(19)27-17/h2-12,24H,1H3,(H,25,30). The average Bonchev–Trinajstić information content (AvgIpc) is 3.36. The van der Waals surface area contributed by atoms with Crippen molar-refractivity contribution in [2.45, 2.75) is 6.92 Å². The van der Waals surface area contributed by atoms with Gasteiger partial charge in [0, 0.05) is 27.8 Å². The minimum Gasteiger partial charge on any atom is -0.358 e. The number of nitrogens with one attached hydrogen (secondary N) is 2. The smallest absolute Gasteiger partial charge is 0.296 e. The molecule has 0 atom stereocenters. The number of para-hydroxylation sites is 1. The fourth-order valence-corrected chi connectivity index (χ4v) is 3.51. The molecule has 0 bridgehead atoms. The molecule has 5 aromatic rings. The third-order valence-corrected chi connectivity index (χ3v) is 4.90. The molecule has 1 amide bonds. The average molecular weight is 396 g/mol. The van der Waals surface area contributed by atoms with Gasteiger partial charge in [0.1, 0.15) is 6.33 Å². The lowest BCUT2D eigenvalue weighted by Crippen LogP contribution is -2.23. The molecule has 0 unspecified atom stereocenters. The van der Waals surface area contributed by atoms with Crippen molar-refractivity contribution in [1.29, 1.82) is 0 Å². The number of ketones is 1. The summed E-state index contributed by atoms with van der Waals surface area (Å²) in [4.78, 5) is 28.7. The van der Waals surface area contributed by atoms with E-state index in [2.05, 4.69) is 25.6 Å². The van der Waals surface area contributed by atoms with Gasteiger partial charge in [-0.15, -0.1) is 10.2 Å². The van der Waals surface area contributed by atoms with Gasteiger partial charge in [-0.05, 0) is 37.3 Å². The highest BCUT2D eigenvalue weighted by Crippen LogP contribution is 2.24. The number of hydrogen-bond donors (Lipinski definition) is 2. The van der Waals surface area contributed by atoms with E-state index in [1.165, 1.54) is 6.33 Å². The Bertz CT molecular complexity index is 1430. The zero-order valence-electron chi connectivity index (χ0n) is 16.0. The molecular formula is C22H16N6O2.